The number of rotatable bonds is 4. The SMILES string of the molecule is C1=CC2c3ccccc3N(c3cncc4c3sc3ccc(N(c5ccccc5)C5C=CCCC5)cc34)C2C=C1. The molecule has 0 spiro atoms. The standard InChI is InChI=1S/C35H29N3S/c1-3-11-24(12-4-1)37(25-13-5-2-6-14-25)26-19-20-34-29(21-26)30-22-36-23-33(35(30)39-34)38-31-17-9-7-15-27(31)28-16-8-10-18-32(28)38/h1,3-5,7-13,15-23,25,27,31H,2,6,14H2. The number of thiophene rings is 1. The molecule has 5 aromatic rings. The predicted octanol–water partition coefficient (Wildman–Crippen LogP) is 9.43. The maximum absolute atomic E-state index is 4.81. The van der Waals surface area contributed by atoms with Gasteiger partial charge >= 0.3 is 0 Å². The maximum atomic E-state index is 4.81. The quantitative estimate of drug-likeness (QED) is 0.219. The van der Waals surface area contributed by atoms with Gasteiger partial charge in [0.2, 0.25) is 0 Å². The first kappa shape index (κ1) is 22.8. The molecule has 3 unspecified atom stereocenters. The summed E-state index contributed by atoms with van der Waals surface area (Å²) >= 11 is 1.88. The van der Waals surface area contributed by atoms with E-state index in [-0.39, 0.29) is 6.04 Å². The molecule has 8 rings (SSSR count). The van der Waals surface area contributed by atoms with Crippen LogP contribution in [0.1, 0.15) is 30.7 Å². The fraction of sp³-hybridized carbons (Fsp3) is 0.171. The molecule has 0 N–H and O–H groups in total. The Morgan fingerprint density at radius 1 is 0.795 bits per heavy atom. The molecule has 0 saturated heterocycles. The zero-order chi connectivity index (χ0) is 25.8. The van der Waals surface area contributed by atoms with E-state index in [1.807, 2.05) is 11.3 Å². The minimum Gasteiger partial charge on any atom is -0.335 e. The summed E-state index contributed by atoms with van der Waals surface area (Å²) in [7, 11) is 0. The Kier molecular flexibility index (Phi) is 5.41. The molecule has 190 valence electrons. The van der Waals surface area contributed by atoms with Crippen LogP contribution in [0.3, 0.4) is 0 Å². The second kappa shape index (κ2) is 9.25. The van der Waals surface area contributed by atoms with Crippen molar-refractivity contribution in [2.45, 2.75) is 37.3 Å². The molecular formula is C35H29N3S. The zero-order valence-corrected chi connectivity index (χ0v) is 22.5. The summed E-state index contributed by atoms with van der Waals surface area (Å²) in [5.41, 5.74) is 6.36. The predicted molar refractivity (Wildman–Crippen MR) is 166 cm³/mol. The number of aromatic nitrogens is 1. The van der Waals surface area contributed by atoms with Crippen molar-refractivity contribution in [3.63, 3.8) is 0 Å². The molecule has 0 radical (unpaired) electrons. The van der Waals surface area contributed by atoms with Crippen LogP contribution in [-0.2, 0) is 0 Å². The highest BCUT2D eigenvalue weighted by molar-refractivity contribution is 7.26. The van der Waals surface area contributed by atoms with Gasteiger partial charge in [0.05, 0.1) is 28.7 Å². The summed E-state index contributed by atoms with van der Waals surface area (Å²) in [4.78, 5) is 9.83. The zero-order valence-electron chi connectivity index (χ0n) is 21.7. The van der Waals surface area contributed by atoms with E-state index in [9.17, 15) is 0 Å². The van der Waals surface area contributed by atoms with Crippen molar-refractivity contribution >= 4 is 54.3 Å². The molecule has 0 fully saturated rings. The van der Waals surface area contributed by atoms with Gasteiger partial charge in [-0.05, 0) is 61.2 Å². The van der Waals surface area contributed by atoms with Crippen LogP contribution >= 0.6 is 11.3 Å². The minimum absolute atomic E-state index is 0.271. The lowest BCUT2D eigenvalue weighted by molar-refractivity contribution is 0.631. The lowest BCUT2D eigenvalue weighted by Crippen LogP contribution is -2.30. The molecule has 4 heteroatoms. The van der Waals surface area contributed by atoms with Crippen LogP contribution in [0.4, 0.5) is 22.7 Å². The number of fused-ring (bicyclic) bond motifs is 6. The van der Waals surface area contributed by atoms with E-state index in [0.717, 1.165) is 0 Å². The molecule has 3 aromatic carbocycles. The number of nitrogens with zero attached hydrogens (tertiary/aromatic N) is 3. The van der Waals surface area contributed by atoms with E-state index in [4.69, 9.17) is 4.98 Å². The Balaban J connectivity index is 1.29. The molecule has 2 aromatic heterocycles. The van der Waals surface area contributed by atoms with Crippen molar-refractivity contribution < 1.29 is 0 Å². The van der Waals surface area contributed by atoms with E-state index in [2.05, 4.69) is 131 Å². The topological polar surface area (TPSA) is 19.4 Å². The van der Waals surface area contributed by atoms with Crippen LogP contribution in [-0.4, -0.2) is 17.1 Å². The van der Waals surface area contributed by atoms with E-state index in [1.165, 1.54) is 67.7 Å². The summed E-state index contributed by atoms with van der Waals surface area (Å²) in [5, 5.41) is 2.52. The largest absolute Gasteiger partial charge is 0.335 e. The molecular weight excluding hydrogens is 494 g/mol. The number of pyridine rings is 1. The van der Waals surface area contributed by atoms with Gasteiger partial charge in [-0.1, -0.05) is 72.9 Å². The van der Waals surface area contributed by atoms with Crippen molar-refractivity contribution in [1.82, 2.24) is 4.98 Å². The second-order valence-electron chi connectivity index (χ2n) is 10.7. The Morgan fingerprint density at radius 3 is 2.56 bits per heavy atom. The first-order chi connectivity index (χ1) is 19.4. The second-order valence-corrected chi connectivity index (χ2v) is 11.7. The van der Waals surface area contributed by atoms with Crippen molar-refractivity contribution in [3.05, 3.63) is 127 Å². The Bertz CT molecular complexity index is 1780. The van der Waals surface area contributed by atoms with Crippen LogP contribution in [0.2, 0.25) is 0 Å². The van der Waals surface area contributed by atoms with E-state index < -0.39 is 0 Å². The molecule has 3 nitrogen and oxygen atoms in total. The maximum Gasteiger partial charge on any atom is 0.0784 e. The number of hydrogen-bond donors (Lipinski definition) is 0. The van der Waals surface area contributed by atoms with Gasteiger partial charge < -0.3 is 9.80 Å². The lowest BCUT2D eigenvalue weighted by Gasteiger charge is -2.33. The van der Waals surface area contributed by atoms with Gasteiger partial charge in [-0.25, -0.2) is 0 Å². The summed E-state index contributed by atoms with van der Waals surface area (Å²) in [6.45, 7) is 0. The minimum atomic E-state index is 0.271. The molecule has 2 aliphatic carbocycles. The number of para-hydroxylation sites is 2. The molecule has 0 amide bonds. The van der Waals surface area contributed by atoms with E-state index >= 15 is 0 Å². The van der Waals surface area contributed by atoms with Gasteiger partial charge in [-0.2, -0.15) is 0 Å². The Labute approximate surface area is 233 Å². The van der Waals surface area contributed by atoms with Crippen LogP contribution in [0.5, 0.6) is 0 Å². The number of anilines is 4. The van der Waals surface area contributed by atoms with Crippen LogP contribution in [0.15, 0.2) is 122 Å². The summed E-state index contributed by atoms with van der Waals surface area (Å²) in [5.74, 6) is 0.366. The molecule has 0 bridgehead atoms. The van der Waals surface area contributed by atoms with E-state index in [0.29, 0.717) is 12.0 Å². The summed E-state index contributed by atoms with van der Waals surface area (Å²) < 4.78 is 2.61. The van der Waals surface area contributed by atoms with Gasteiger partial charge in [0.15, 0.2) is 0 Å². The Morgan fingerprint density at radius 2 is 1.67 bits per heavy atom. The molecule has 0 saturated carbocycles. The molecule has 3 atom stereocenters. The average molecular weight is 524 g/mol. The van der Waals surface area contributed by atoms with Gasteiger partial charge in [-0.15, -0.1) is 11.3 Å². The molecule has 1 aliphatic heterocycles. The third kappa shape index (κ3) is 3.66. The highest BCUT2D eigenvalue weighted by Crippen LogP contribution is 2.51. The summed E-state index contributed by atoms with van der Waals surface area (Å²) in [6.07, 6.45) is 21.5. The highest BCUT2D eigenvalue weighted by Gasteiger charge is 2.38. The van der Waals surface area contributed by atoms with Gasteiger partial charge in [0, 0.05) is 44.6 Å². The average Bonchev–Trinajstić information content (AvgIpc) is 3.54. The number of benzene rings is 3. The fourth-order valence-corrected chi connectivity index (χ4v) is 7.85. The lowest BCUT2D eigenvalue weighted by atomic mass is 9.91. The van der Waals surface area contributed by atoms with E-state index in [1.54, 1.807) is 0 Å². The van der Waals surface area contributed by atoms with Gasteiger partial charge in [-0.3, -0.25) is 4.98 Å². The van der Waals surface area contributed by atoms with Crippen molar-refractivity contribution in [2.75, 3.05) is 9.80 Å². The monoisotopic (exact) mass is 523 g/mol. The van der Waals surface area contributed by atoms with Gasteiger partial charge in [0.1, 0.15) is 0 Å². The third-order valence-electron chi connectivity index (χ3n) is 8.44. The molecule has 39 heavy (non-hydrogen) atoms. The van der Waals surface area contributed by atoms with Crippen LogP contribution < -0.4 is 9.80 Å². The third-order valence-corrected chi connectivity index (χ3v) is 9.64. The van der Waals surface area contributed by atoms with Crippen molar-refractivity contribution in [1.29, 1.82) is 0 Å². The van der Waals surface area contributed by atoms with Crippen molar-refractivity contribution in [3.8, 4) is 0 Å². The Hall–Kier alpha value is -4.15. The highest BCUT2D eigenvalue weighted by atomic mass is 32.1. The number of allylic oxidation sites excluding steroid dienone is 3. The molecule has 3 aliphatic rings. The summed E-state index contributed by atoms with van der Waals surface area (Å²) in [6, 6.07) is 27.3. The van der Waals surface area contributed by atoms with Gasteiger partial charge in [0.25, 0.3) is 0 Å². The normalized spacial score (nSPS) is 21.4. The first-order valence-electron chi connectivity index (χ1n) is 13.9. The fourth-order valence-electron chi connectivity index (χ4n) is 6.69. The molecule has 3 heterocycles. The smallest absolute Gasteiger partial charge is 0.0784 e. The van der Waals surface area contributed by atoms with Crippen molar-refractivity contribution in [2.24, 2.45) is 0 Å². The number of hydrogen-bond acceptors (Lipinski definition) is 4. The van der Waals surface area contributed by atoms with Crippen LogP contribution in [0, 0.1) is 0 Å². The first-order valence-corrected chi connectivity index (χ1v) is 14.7. The van der Waals surface area contributed by atoms with Crippen LogP contribution in [0.25, 0.3) is 20.2 Å².